The standard InChI is InChI=1S/C46H140O24Si27/c1-45-41-73(3)52-79(9)59-84(48-45)34-39-89(17,18)63-92(23,24)66-95(29,30)69-97(51-72-49-71-50-87(13,14)38-35-85-55-76(6)43-74(4)53-80(10)60-85,68-94(27,28)65-91(21,22)62-88(15,16)37-33-83-42-46(2)47-78(8)57-82(12)58-83)70-96(31,32)67-93(25,26)64-90(19,20)40-36-86-56-77(7)44-75(5)54-81(11)61-86/h45-46,73-86H,33-44,71-72H2,1-32H3. The Hall–Kier alpha value is 4.90. The summed E-state index contributed by atoms with van der Waals surface area (Å²) < 4.78 is 167. The fourth-order valence-electron chi connectivity index (χ4n) is 13.8. The second-order valence-corrected chi connectivity index (χ2v) is 114. The molecule has 24 nitrogen and oxygen atoms in total. The largest absolute Gasteiger partial charge is 0.643 e. The van der Waals surface area contributed by atoms with Crippen molar-refractivity contribution in [3.63, 3.8) is 0 Å². The lowest BCUT2D eigenvalue weighted by atomic mass is 10.5. The van der Waals surface area contributed by atoms with Crippen molar-refractivity contribution in [1.29, 1.82) is 0 Å². The van der Waals surface area contributed by atoms with Gasteiger partial charge in [0.1, 0.15) is 0 Å². The lowest BCUT2D eigenvalue weighted by Gasteiger charge is -2.46. The molecular weight excluding hydrogens is 1690 g/mol. The molecule has 4 fully saturated rings. The fourth-order valence-corrected chi connectivity index (χ4v) is 128. The summed E-state index contributed by atoms with van der Waals surface area (Å²) in [7, 11) is -59.1. The van der Waals surface area contributed by atoms with Crippen LogP contribution in [0.3, 0.4) is 0 Å². The maximum absolute atomic E-state index is 7.65. The fraction of sp³-hybridized carbons (Fsp3) is 1.00. The van der Waals surface area contributed by atoms with E-state index in [1.165, 1.54) is 0 Å². The van der Waals surface area contributed by atoms with Crippen LogP contribution in [-0.2, 0) is 99.4 Å². The monoisotopic (exact) mass is 1830 g/mol. The van der Waals surface area contributed by atoms with E-state index in [1.54, 1.807) is 0 Å². The van der Waals surface area contributed by atoms with E-state index in [0.717, 1.165) is 71.8 Å². The molecule has 97 heavy (non-hydrogen) atoms. The van der Waals surface area contributed by atoms with Gasteiger partial charge < -0.3 is 99.4 Å². The highest BCUT2D eigenvalue weighted by atomic mass is 28.6. The minimum absolute atomic E-state index is 0.135. The Labute approximate surface area is 630 Å². The van der Waals surface area contributed by atoms with Crippen LogP contribution >= 0.6 is 0 Å². The van der Waals surface area contributed by atoms with E-state index in [0.29, 0.717) is 0 Å². The molecule has 4 rings (SSSR count). The van der Waals surface area contributed by atoms with E-state index in [2.05, 4.69) is 210 Å². The van der Waals surface area contributed by atoms with Crippen molar-refractivity contribution >= 4 is 242 Å². The van der Waals surface area contributed by atoms with E-state index in [-0.39, 0.29) is 12.2 Å². The summed E-state index contributed by atoms with van der Waals surface area (Å²) in [5.41, 5.74) is 2.29. The van der Waals surface area contributed by atoms with Gasteiger partial charge in [-0.15, -0.1) is 0 Å². The molecule has 4 aliphatic rings. The topological polar surface area (TPSA) is 222 Å². The summed E-state index contributed by atoms with van der Waals surface area (Å²) in [6.07, 6.45) is 0.271. The van der Waals surface area contributed by atoms with Crippen molar-refractivity contribution < 1.29 is 99.4 Å². The first-order valence-electron chi connectivity index (χ1n) is 36.1. The number of rotatable bonds is 36. The average molecular weight is 1840 g/mol. The third kappa shape index (κ3) is 40.1. The van der Waals surface area contributed by atoms with Crippen LogP contribution < -0.4 is 0 Å². The van der Waals surface area contributed by atoms with E-state index in [1.807, 2.05) is 0 Å². The van der Waals surface area contributed by atoms with Crippen molar-refractivity contribution in [3.8, 4) is 0 Å². The van der Waals surface area contributed by atoms with Crippen LogP contribution in [0.25, 0.3) is 0 Å². The van der Waals surface area contributed by atoms with Crippen molar-refractivity contribution in [3.05, 3.63) is 0 Å². The molecule has 17 atom stereocenters. The molecule has 0 aromatic rings. The second-order valence-electron chi connectivity index (χ2n) is 32.7. The van der Waals surface area contributed by atoms with Gasteiger partial charge in [0.25, 0.3) is 57.1 Å². The molecule has 576 valence electrons. The summed E-state index contributed by atoms with van der Waals surface area (Å²) in [5.74, 6) is 0. The van der Waals surface area contributed by atoms with E-state index in [9.17, 15) is 0 Å². The smallest absolute Gasteiger partial charge is 0.442 e. The molecule has 0 aromatic heterocycles. The molecule has 4 saturated heterocycles. The van der Waals surface area contributed by atoms with Crippen molar-refractivity contribution in [2.75, 3.05) is 0 Å². The van der Waals surface area contributed by atoms with Gasteiger partial charge in [-0.05, 0) is 282 Å². The van der Waals surface area contributed by atoms with E-state index < -0.39 is 242 Å². The maximum Gasteiger partial charge on any atom is 0.643 e. The van der Waals surface area contributed by atoms with Crippen molar-refractivity contribution in [2.45, 2.75) is 294 Å². The molecule has 17 unspecified atom stereocenters. The Morgan fingerprint density at radius 3 is 1.07 bits per heavy atom. The third-order valence-corrected chi connectivity index (χ3v) is 113. The zero-order chi connectivity index (χ0) is 73.6. The summed E-state index contributed by atoms with van der Waals surface area (Å²) in [5, 5.41) is 0. The molecule has 0 radical (unpaired) electrons. The van der Waals surface area contributed by atoms with E-state index >= 15 is 0 Å². The first-order chi connectivity index (χ1) is 44.1. The van der Waals surface area contributed by atoms with Gasteiger partial charge in [0.05, 0.1) is 0 Å². The third-order valence-electron chi connectivity index (χ3n) is 16.3. The molecule has 0 bridgehead atoms. The highest BCUT2D eigenvalue weighted by molar-refractivity contribution is 6.94. The Bertz CT molecular complexity index is 2060. The molecule has 0 aliphatic carbocycles. The lowest BCUT2D eigenvalue weighted by Crippen LogP contribution is -2.69. The Kier molecular flexibility index (Phi) is 39.8. The predicted octanol–water partition coefficient (Wildman–Crippen LogP) is 7.16. The zero-order valence-corrected chi connectivity index (χ0v) is 96.4. The normalized spacial score (nSPS) is 31.7. The van der Waals surface area contributed by atoms with Crippen LogP contribution in [0, 0.1) is 0 Å². The summed E-state index contributed by atoms with van der Waals surface area (Å²) in [6, 6.07) is 9.23. The highest BCUT2D eigenvalue weighted by Gasteiger charge is 2.61. The second kappa shape index (κ2) is 40.9. The highest BCUT2D eigenvalue weighted by Crippen LogP contribution is 2.36. The van der Waals surface area contributed by atoms with Gasteiger partial charge in [0, 0.05) is 12.2 Å². The first-order valence-corrected chi connectivity index (χ1v) is 99.5. The Morgan fingerprint density at radius 2 is 0.639 bits per heavy atom. The maximum atomic E-state index is 7.65. The molecule has 0 N–H and O–H groups in total. The quantitative estimate of drug-likeness (QED) is 0.0448. The summed E-state index contributed by atoms with van der Waals surface area (Å²) in [4.78, 5) is 0. The van der Waals surface area contributed by atoms with Gasteiger partial charge in [-0.25, -0.2) is 0 Å². The number of hydrogen-bond donors (Lipinski definition) is 0. The van der Waals surface area contributed by atoms with Gasteiger partial charge >= 0.3 is 97.5 Å². The Morgan fingerprint density at radius 1 is 0.309 bits per heavy atom. The zero-order valence-electron chi connectivity index (χ0n) is 66.4. The van der Waals surface area contributed by atoms with Crippen LogP contribution in [0.4, 0.5) is 0 Å². The molecule has 4 aliphatic heterocycles. The van der Waals surface area contributed by atoms with Crippen LogP contribution in [0.1, 0.15) is 13.8 Å². The summed E-state index contributed by atoms with van der Waals surface area (Å²) >= 11 is 0. The lowest BCUT2D eigenvalue weighted by molar-refractivity contribution is 0.106. The van der Waals surface area contributed by atoms with Crippen LogP contribution in [0.15, 0.2) is 0 Å². The SMILES string of the molecule is CC1C[SiH](CC[Si](C)(C)O[Si](C)(C)O[Si](C)(C)O[Si](O[SiH2]O[SiH2]O[Si](C)(C)CC[SiH]2O[SiH](C)C[SiH](C)O[SiH](C)O2)(O[Si](C)(C)O[Si](C)(C)O[Si](C)(C)CC[SiH]2OC(C)C[SiH](C)O[SiH](C)O2)O[Si](C)(C)O[Si](C)(C)O[Si](C)(C)CC[SiH]2O[SiH](C)C[SiH](C)O[SiH](C)O2)O[SiH](C)O[SiH](C)O1. The summed E-state index contributed by atoms with van der Waals surface area (Å²) in [6.45, 7) is 69.9. The van der Waals surface area contributed by atoms with Gasteiger partial charge in [-0.1, -0.05) is 0 Å². The van der Waals surface area contributed by atoms with Crippen molar-refractivity contribution in [2.24, 2.45) is 0 Å². The first kappa shape index (κ1) is 94.3. The van der Waals surface area contributed by atoms with Gasteiger partial charge in [-0.2, -0.15) is 0 Å². The molecule has 4 heterocycles. The predicted molar refractivity (Wildman–Crippen MR) is 459 cm³/mol. The van der Waals surface area contributed by atoms with Gasteiger partial charge in [-0.3, -0.25) is 0 Å². The average Bonchev–Trinajstić information content (AvgIpc) is 0.773. The molecule has 0 spiro atoms. The molecule has 0 amide bonds. The van der Waals surface area contributed by atoms with Crippen LogP contribution in [0.2, 0.25) is 268 Å². The van der Waals surface area contributed by atoms with Crippen LogP contribution in [-0.4, -0.2) is 254 Å². The van der Waals surface area contributed by atoms with Crippen molar-refractivity contribution in [1.82, 2.24) is 0 Å². The van der Waals surface area contributed by atoms with Crippen LogP contribution in [0.5, 0.6) is 0 Å². The molecular formula is C46H140O24Si27. The number of hydrogen-bond acceptors (Lipinski definition) is 24. The minimum atomic E-state index is -4.49. The van der Waals surface area contributed by atoms with E-state index in [4.69, 9.17) is 99.4 Å². The van der Waals surface area contributed by atoms with Gasteiger partial charge in [0.2, 0.25) is 0 Å². The molecule has 0 saturated carbocycles. The molecule has 0 aromatic carbocycles. The Balaban J connectivity index is 1.71. The minimum Gasteiger partial charge on any atom is -0.442 e. The van der Waals surface area contributed by atoms with Gasteiger partial charge in [0.15, 0.2) is 87.5 Å². The molecule has 51 heteroatoms.